The summed E-state index contributed by atoms with van der Waals surface area (Å²) in [6.45, 7) is 8.77. The summed E-state index contributed by atoms with van der Waals surface area (Å²) in [5.74, 6) is -2.13. The lowest BCUT2D eigenvalue weighted by atomic mass is 10.0. The number of carboxylic acids is 2. The number of carbonyl (C=O) groups is 3. The van der Waals surface area contributed by atoms with Crippen molar-refractivity contribution < 1.29 is 24.6 Å². The smallest absolute Gasteiger partial charge is 0.322 e. The highest BCUT2D eigenvalue weighted by molar-refractivity contribution is 6.07. The molecule has 0 radical (unpaired) electrons. The van der Waals surface area contributed by atoms with E-state index in [2.05, 4.69) is 36.3 Å². The molecule has 1 amide bonds. The van der Waals surface area contributed by atoms with Crippen LogP contribution >= 0.6 is 0 Å². The predicted molar refractivity (Wildman–Crippen MR) is 133 cm³/mol. The second-order valence-electron chi connectivity index (χ2n) is 9.25. The molecule has 0 bridgehead atoms. The third-order valence-electron chi connectivity index (χ3n) is 5.87. The van der Waals surface area contributed by atoms with Gasteiger partial charge in [0, 0.05) is 65.5 Å². The number of carbonyl (C=O) groups excluding carboxylic acids is 1. The fourth-order valence-corrected chi connectivity index (χ4v) is 4.07. The molecule has 3 rings (SSSR count). The maximum atomic E-state index is 12.9. The highest BCUT2D eigenvalue weighted by atomic mass is 16.4. The van der Waals surface area contributed by atoms with Gasteiger partial charge in [0.15, 0.2) is 0 Å². The Bertz CT molecular complexity index is 1100. The van der Waals surface area contributed by atoms with Crippen molar-refractivity contribution >= 4 is 46.1 Å². The van der Waals surface area contributed by atoms with Crippen LogP contribution in [0.25, 0.3) is 16.8 Å². The molecule has 182 valence electrons. The number of anilines is 2. The third-order valence-corrected chi connectivity index (χ3v) is 5.87. The van der Waals surface area contributed by atoms with Crippen molar-refractivity contribution in [3.8, 4) is 0 Å². The van der Waals surface area contributed by atoms with Crippen LogP contribution in [-0.2, 0) is 14.4 Å². The van der Waals surface area contributed by atoms with E-state index in [1.54, 1.807) is 17.0 Å². The van der Waals surface area contributed by atoms with Crippen molar-refractivity contribution in [3.63, 3.8) is 0 Å². The van der Waals surface area contributed by atoms with Gasteiger partial charge in [0.25, 0.3) is 0 Å². The van der Waals surface area contributed by atoms with E-state index in [1.807, 2.05) is 24.3 Å². The summed E-state index contributed by atoms with van der Waals surface area (Å²) in [6, 6.07) is 9.04. The molecule has 9 nitrogen and oxygen atoms in total. The zero-order chi connectivity index (χ0) is 24.9. The van der Waals surface area contributed by atoms with Crippen LogP contribution in [0.2, 0.25) is 0 Å². The summed E-state index contributed by atoms with van der Waals surface area (Å²) in [5, 5.41) is 25.6. The van der Waals surface area contributed by atoms with E-state index in [9.17, 15) is 19.5 Å². The fraction of sp³-hybridized carbons (Fsp3) is 0.400. The van der Waals surface area contributed by atoms with Gasteiger partial charge in [-0.3, -0.25) is 19.3 Å². The van der Waals surface area contributed by atoms with Crippen LogP contribution in [0.3, 0.4) is 0 Å². The molecule has 1 saturated heterocycles. The van der Waals surface area contributed by atoms with E-state index in [1.165, 1.54) is 6.08 Å². The third kappa shape index (κ3) is 6.26. The maximum absolute atomic E-state index is 12.9. The zero-order valence-corrected chi connectivity index (χ0v) is 19.8. The average Bonchev–Trinajstić information content (AvgIpc) is 2.79. The molecule has 34 heavy (non-hydrogen) atoms. The highest BCUT2D eigenvalue weighted by Crippen LogP contribution is 2.34. The molecule has 2 aromatic carbocycles. The Balaban J connectivity index is 1.90. The molecule has 0 unspecified atom stereocenters. The topological polar surface area (TPSA) is 122 Å². The van der Waals surface area contributed by atoms with Crippen molar-refractivity contribution in [2.75, 3.05) is 49.9 Å². The number of hydrogen-bond donors (Lipinski definition) is 4. The van der Waals surface area contributed by atoms with Crippen molar-refractivity contribution in [1.82, 2.24) is 9.80 Å². The number of nitrogens with zero attached hydrogens (tertiary/aromatic N) is 2. The summed E-state index contributed by atoms with van der Waals surface area (Å²) in [7, 11) is 0. The number of hydrogen-bond acceptors (Lipinski definition) is 6. The second-order valence-corrected chi connectivity index (χ2v) is 9.25. The summed E-state index contributed by atoms with van der Waals surface area (Å²) in [6.07, 6.45) is 3.14. The van der Waals surface area contributed by atoms with Gasteiger partial charge in [-0.1, -0.05) is 24.3 Å². The Morgan fingerprint density at radius 1 is 0.941 bits per heavy atom. The number of benzene rings is 2. The number of amides is 1. The molecule has 0 spiro atoms. The molecule has 0 saturated carbocycles. The number of aliphatic carboxylic acids is 2. The molecular formula is C25H32N4O5. The SMILES string of the molecule is CC(C)(C)N1CCN(C(=O)/C=C/c2cc(NCC(=O)O)c3ccccc3c2NCC(=O)O)CC1. The van der Waals surface area contributed by atoms with Gasteiger partial charge in [0.1, 0.15) is 13.1 Å². The van der Waals surface area contributed by atoms with Gasteiger partial charge in [-0.25, -0.2) is 0 Å². The molecule has 0 atom stereocenters. The Morgan fingerprint density at radius 2 is 1.53 bits per heavy atom. The number of rotatable bonds is 8. The first-order valence-corrected chi connectivity index (χ1v) is 11.3. The minimum atomic E-state index is -1.01. The molecular weight excluding hydrogens is 436 g/mol. The van der Waals surface area contributed by atoms with E-state index in [0.717, 1.165) is 23.9 Å². The highest BCUT2D eigenvalue weighted by Gasteiger charge is 2.27. The van der Waals surface area contributed by atoms with E-state index >= 15 is 0 Å². The molecule has 0 aromatic heterocycles. The van der Waals surface area contributed by atoms with Crippen LogP contribution in [0, 0.1) is 0 Å². The van der Waals surface area contributed by atoms with Gasteiger partial charge in [0.05, 0.1) is 0 Å². The standard InChI is InChI=1S/C25H32N4O5/c1-25(2,3)29-12-10-28(11-13-29)21(30)9-8-17-14-20(26-15-22(31)32)18-6-4-5-7-19(18)24(17)27-16-23(33)34/h4-9,14,26-27H,10-13,15-16H2,1-3H3,(H,31,32)(H,33,34)/b9-8+. The van der Waals surface area contributed by atoms with Crippen LogP contribution in [0.1, 0.15) is 26.3 Å². The second kappa shape index (κ2) is 10.6. The molecule has 0 aliphatic carbocycles. The average molecular weight is 469 g/mol. The fourth-order valence-electron chi connectivity index (χ4n) is 4.07. The van der Waals surface area contributed by atoms with Crippen LogP contribution in [-0.4, -0.2) is 82.7 Å². The first kappa shape index (κ1) is 25.0. The van der Waals surface area contributed by atoms with Gasteiger partial charge >= 0.3 is 11.9 Å². The van der Waals surface area contributed by atoms with E-state index in [0.29, 0.717) is 30.0 Å². The number of fused-ring (bicyclic) bond motifs is 1. The van der Waals surface area contributed by atoms with E-state index in [-0.39, 0.29) is 24.5 Å². The molecule has 1 fully saturated rings. The van der Waals surface area contributed by atoms with Crippen molar-refractivity contribution in [1.29, 1.82) is 0 Å². The molecule has 1 heterocycles. The van der Waals surface area contributed by atoms with Crippen molar-refractivity contribution in [2.24, 2.45) is 0 Å². The zero-order valence-electron chi connectivity index (χ0n) is 19.8. The number of piperazine rings is 1. The lowest BCUT2D eigenvalue weighted by molar-refractivity contribution is -0.135. The Labute approximate surface area is 199 Å². The minimum Gasteiger partial charge on any atom is -0.480 e. The van der Waals surface area contributed by atoms with Gasteiger partial charge in [-0.15, -0.1) is 0 Å². The van der Waals surface area contributed by atoms with Crippen LogP contribution in [0.4, 0.5) is 11.4 Å². The van der Waals surface area contributed by atoms with E-state index in [4.69, 9.17) is 5.11 Å². The molecule has 1 aliphatic rings. The summed E-state index contributed by atoms with van der Waals surface area (Å²) in [4.78, 5) is 39.3. The molecule has 1 aliphatic heterocycles. The van der Waals surface area contributed by atoms with Gasteiger partial charge in [-0.2, -0.15) is 0 Å². The Hall–Kier alpha value is -3.59. The predicted octanol–water partition coefficient (Wildman–Crippen LogP) is 2.79. The van der Waals surface area contributed by atoms with Crippen LogP contribution in [0.15, 0.2) is 36.4 Å². The first-order chi connectivity index (χ1) is 16.1. The van der Waals surface area contributed by atoms with E-state index < -0.39 is 11.9 Å². The normalized spacial score (nSPS) is 15.0. The molecule has 2 aromatic rings. The van der Waals surface area contributed by atoms with Crippen molar-refractivity contribution in [2.45, 2.75) is 26.3 Å². The molecule has 4 N–H and O–H groups in total. The van der Waals surface area contributed by atoms with Crippen molar-refractivity contribution in [3.05, 3.63) is 42.0 Å². The Morgan fingerprint density at radius 3 is 2.12 bits per heavy atom. The van der Waals surface area contributed by atoms with Gasteiger partial charge < -0.3 is 25.7 Å². The summed E-state index contributed by atoms with van der Waals surface area (Å²) in [5.41, 5.74) is 1.81. The lowest BCUT2D eigenvalue weighted by Gasteiger charge is -2.42. The largest absolute Gasteiger partial charge is 0.480 e. The quantitative estimate of drug-likeness (QED) is 0.436. The lowest BCUT2D eigenvalue weighted by Crippen LogP contribution is -2.54. The van der Waals surface area contributed by atoms with Crippen LogP contribution < -0.4 is 10.6 Å². The van der Waals surface area contributed by atoms with Gasteiger partial charge in [0.2, 0.25) is 5.91 Å². The number of nitrogens with one attached hydrogen (secondary N) is 2. The summed E-state index contributed by atoms with van der Waals surface area (Å²) >= 11 is 0. The summed E-state index contributed by atoms with van der Waals surface area (Å²) < 4.78 is 0. The monoisotopic (exact) mass is 468 g/mol. The Kier molecular flexibility index (Phi) is 7.78. The van der Waals surface area contributed by atoms with Gasteiger partial charge in [-0.05, 0) is 32.9 Å². The number of carboxylic acid groups (broad SMARTS) is 2. The van der Waals surface area contributed by atoms with Crippen LogP contribution in [0.5, 0.6) is 0 Å². The first-order valence-electron chi connectivity index (χ1n) is 11.3. The molecule has 9 heteroatoms. The minimum absolute atomic E-state index is 0.0557. The maximum Gasteiger partial charge on any atom is 0.322 e.